The van der Waals surface area contributed by atoms with Crippen LogP contribution in [0.3, 0.4) is 0 Å². The van der Waals surface area contributed by atoms with E-state index >= 15 is 0 Å². The van der Waals surface area contributed by atoms with E-state index in [9.17, 15) is 14.3 Å². The van der Waals surface area contributed by atoms with Crippen LogP contribution in [0.5, 0.6) is 0 Å². The molecule has 0 aromatic heterocycles. The molecule has 0 saturated carbocycles. The van der Waals surface area contributed by atoms with Crippen LogP contribution >= 0.6 is 7.82 Å². The number of hydrogen-bond acceptors (Lipinski definition) is 7. The Morgan fingerprint density at radius 1 is 0.608 bits per heavy atom. The lowest BCUT2D eigenvalue weighted by Gasteiger charge is -2.28. The molecule has 0 aliphatic heterocycles. The number of quaternary nitrogens is 1. The molecule has 0 saturated heterocycles. The molecule has 0 aromatic carbocycles. The smallest absolute Gasteiger partial charge is 0.306 e. The van der Waals surface area contributed by atoms with Crippen LogP contribution in [0.1, 0.15) is 129 Å². The summed E-state index contributed by atoms with van der Waals surface area (Å²) in [5.74, 6) is -0.372. The summed E-state index contributed by atoms with van der Waals surface area (Å²) >= 11 is 0. The Labute approximate surface area is 312 Å². The third-order valence-electron chi connectivity index (χ3n) is 7.75. The first kappa shape index (κ1) is 48.9. The fourth-order valence-corrected chi connectivity index (χ4v) is 5.48. The Balaban J connectivity index is 4.37. The number of carbonyl (C=O) groups excluding carboxylic acids is 1. The van der Waals surface area contributed by atoms with Crippen molar-refractivity contribution >= 4 is 13.8 Å². The number of rotatable bonds is 35. The van der Waals surface area contributed by atoms with E-state index < -0.39 is 13.9 Å². The normalized spacial score (nSPS) is 14.7. The van der Waals surface area contributed by atoms with E-state index in [1.54, 1.807) is 0 Å². The van der Waals surface area contributed by atoms with E-state index in [2.05, 4.69) is 86.8 Å². The zero-order valence-electron chi connectivity index (χ0n) is 33.0. The summed E-state index contributed by atoms with van der Waals surface area (Å²) in [6, 6.07) is 0. The van der Waals surface area contributed by atoms with Gasteiger partial charge < -0.3 is 27.9 Å². The van der Waals surface area contributed by atoms with Crippen molar-refractivity contribution in [1.29, 1.82) is 0 Å². The van der Waals surface area contributed by atoms with Crippen LogP contribution in [0.2, 0.25) is 0 Å². The predicted molar refractivity (Wildman–Crippen MR) is 212 cm³/mol. The van der Waals surface area contributed by atoms with E-state index in [1.165, 1.54) is 19.3 Å². The second kappa shape index (κ2) is 35.0. The van der Waals surface area contributed by atoms with Crippen molar-refractivity contribution in [2.75, 3.05) is 54.1 Å². The van der Waals surface area contributed by atoms with Gasteiger partial charge in [-0.1, -0.05) is 119 Å². The minimum absolute atomic E-state index is 0.0134. The SMILES string of the molecule is CC/C=C\C/C=C\C/C=C\CCCCCCCCOCC(COP(=O)([O-])OCC[N+](C)(C)C)OC(=O)CCCCC/C=C\C/C=C\C/C=C\CC. The van der Waals surface area contributed by atoms with Crippen molar-refractivity contribution in [2.24, 2.45) is 0 Å². The van der Waals surface area contributed by atoms with Gasteiger partial charge in [0.1, 0.15) is 19.3 Å². The lowest BCUT2D eigenvalue weighted by molar-refractivity contribution is -0.870. The number of esters is 1. The molecular weight excluding hydrogens is 661 g/mol. The van der Waals surface area contributed by atoms with Crippen molar-refractivity contribution in [1.82, 2.24) is 0 Å². The molecule has 0 aliphatic carbocycles. The quantitative estimate of drug-likeness (QED) is 0.0210. The first-order valence-corrected chi connectivity index (χ1v) is 21.1. The van der Waals surface area contributed by atoms with Crippen LogP contribution in [0.25, 0.3) is 0 Å². The first-order chi connectivity index (χ1) is 24.6. The summed E-state index contributed by atoms with van der Waals surface area (Å²) in [5, 5.41) is 0. The van der Waals surface area contributed by atoms with Gasteiger partial charge in [-0.3, -0.25) is 9.36 Å². The molecule has 0 N–H and O–H groups in total. The lowest BCUT2D eigenvalue weighted by Crippen LogP contribution is -2.37. The third-order valence-corrected chi connectivity index (χ3v) is 8.72. The van der Waals surface area contributed by atoms with Crippen molar-refractivity contribution in [2.45, 2.75) is 136 Å². The van der Waals surface area contributed by atoms with Crippen molar-refractivity contribution in [3.8, 4) is 0 Å². The maximum atomic E-state index is 12.6. The van der Waals surface area contributed by atoms with Gasteiger partial charge in [-0.25, -0.2) is 0 Å². The topological polar surface area (TPSA) is 94.1 Å². The van der Waals surface area contributed by atoms with Crippen LogP contribution in [-0.4, -0.2) is 70.7 Å². The molecule has 0 aromatic rings. The summed E-state index contributed by atoms with van der Waals surface area (Å²) in [5.41, 5.74) is 0. The molecule has 2 unspecified atom stereocenters. The molecule has 0 bridgehead atoms. The van der Waals surface area contributed by atoms with Gasteiger partial charge in [0.25, 0.3) is 7.82 Å². The molecule has 294 valence electrons. The molecule has 8 nitrogen and oxygen atoms in total. The number of phosphoric acid groups is 1. The highest BCUT2D eigenvalue weighted by Gasteiger charge is 2.20. The van der Waals surface area contributed by atoms with Crippen LogP contribution in [0.4, 0.5) is 0 Å². The van der Waals surface area contributed by atoms with Crippen LogP contribution in [0, 0.1) is 0 Å². The van der Waals surface area contributed by atoms with Crippen LogP contribution in [0.15, 0.2) is 72.9 Å². The Kier molecular flexibility index (Phi) is 33.6. The Morgan fingerprint density at radius 3 is 1.61 bits per heavy atom. The fourth-order valence-electron chi connectivity index (χ4n) is 4.75. The summed E-state index contributed by atoms with van der Waals surface area (Å²) < 4.78 is 34.4. The number of ether oxygens (including phenoxy) is 2. The number of phosphoric ester groups is 1. The number of unbranched alkanes of at least 4 members (excludes halogenated alkanes) is 9. The summed E-state index contributed by atoms with van der Waals surface area (Å²) in [6.07, 6.45) is 43.4. The van der Waals surface area contributed by atoms with Gasteiger partial charge in [0.2, 0.25) is 0 Å². The predicted octanol–water partition coefficient (Wildman–Crippen LogP) is 10.5. The highest BCUT2D eigenvalue weighted by molar-refractivity contribution is 7.45. The highest BCUT2D eigenvalue weighted by atomic mass is 31.2. The fraction of sp³-hybridized carbons (Fsp3) is 0.690. The van der Waals surface area contributed by atoms with E-state index in [0.29, 0.717) is 24.1 Å². The lowest BCUT2D eigenvalue weighted by atomic mass is 10.1. The molecule has 9 heteroatoms. The average Bonchev–Trinajstić information content (AvgIpc) is 3.08. The van der Waals surface area contributed by atoms with Crippen molar-refractivity contribution < 1.29 is 37.3 Å². The Morgan fingerprint density at radius 2 is 1.08 bits per heavy atom. The first-order valence-electron chi connectivity index (χ1n) is 19.7. The van der Waals surface area contributed by atoms with Gasteiger partial charge in [0.15, 0.2) is 0 Å². The van der Waals surface area contributed by atoms with Gasteiger partial charge in [0.05, 0.1) is 34.4 Å². The highest BCUT2D eigenvalue weighted by Crippen LogP contribution is 2.38. The largest absolute Gasteiger partial charge is 0.756 e. The summed E-state index contributed by atoms with van der Waals surface area (Å²) in [4.78, 5) is 24.9. The maximum Gasteiger partial charge on any atom is 0.306 e. The van der Waals surface area contributed by atoms with Crippen molar-refractivity contribution in [3.63, 3.8) is 0 Å². The zero-order valence-corrected chi connectivity index (χ0v) is 33.9. The molecule has 0 rings (SSSR count). The minimum Gasteiger partial charge on any atom is -0.756 e. The molecular formula is C42H74NO7P. The van der Waals surface area contributed by atoms with Crippen LogP contribution < -0.4 is 4.89 Å². The maximum absolute atomic E-state index is 12.6. The van der Waals surface area contributed by atoms with Crippen LogP contribution in [-0.2, 0) is 27.9 Å². The van der Waals surface area contributed by atoms with Gasteiger partial charge in [-0.2, -0.15) is 0 Å². The zero-order chi connectivity index (χ0) is 37.7. The monoisotopic (exact) mass is 736 g/mol. The molecule has 0 radical (unpaired) electrons. The molecule has 0 fully saturated rings. The van der Waals surface area contributed by atoms with Gasteiger partial charge >= 0.3 is 5.97 Å². The summed E-state index contributed by atoms with van der Waals surface area (Å²) in [7, 11) is 1.31. The Hall–Kier alpha value is -2.06. The number of likely N-dealkylation sites (N-methyl/N-ethyl adjacent to an activating group) is 1. The molecule has 0 amide bonds. The average molecular weight is 736 g/mol. The number of hydrogen-bond donors (Lipinski definition) is 0. The number of carbonyl (C=O) groups is 1. The third kappa shape index (κ3) is 39.0. The molecule has 2 atom stereocenters. The second-order valence-electron chi connectivity index (χ2n) is 13.9. The van der Waals surface area contributed by atoms with Crippen molar-refractivity contribution in [3.05, 3.63) is 72.9 Å². The van der Waals surface area contributed by atoms with E-state index in [4.69, 9.17) is 18.5 Å². The molecule has 0 heterocycles. The van der Waals surface area contributed by atoms with Gasteiger partial charge in [0, 0.05) is 13.0 Å². The number of allylic oxidation sites excluding steroid dienone is 12. The molecule has 0 aliphatic rings. The Bertz CT molecular complexity index is 1040. The van der Waals surface area contributed by atoms with E-state index in [1.807, 2.05) is 21.1 Å². The van der Waals surface area contributed by atoms with E-state index in [0.717, 1.165) is 83.5 Å². The molecule has 0 spiro atoms. The van der Waals surface area contributed by atoms with E-state index in [-0.39, 0.29) is 32.2 Å². The van der Waals surface area contributed by atoms with Gasteiger partial charge in [-0.15, -0.1) is 0 Å². The summed E-state index contributed by atoms with van der Waals surface area (Å²) in [6.45, 7) is 5.08. The van der Waals surface area contributed by atoms with Gasteiger partial charge in [-0.05, 0) is 77.0 Å². The number of nitrogens with zero attached hydrogens (tertiary/aromatic N) is 1. The molecule has 51 heavy (non-hydrogen) atoms. The second-order valence-corrected chi connectivity index (χ2v) is 15.3. The standard InChI is InChI=1S/C42H74NO7P/c1-6-8-10-12-14-16-18-20-21-22-24-26-28-30-32-34-37-47-39-41(40-49-51(45,46)48-38-36-43(3,4)5)50-42(44)35-33-31-29-27-25-23-19-17-15-13-11-9-7-2/h8-11,14-17,20-21,23,25,41H,6-7,12-13,18-19,22,24,26-40H2,1-5H3/b10-8-,11-9-,16-14-,17-15-,21-20-,25-23-. The minimum atomic E-state index is -4.54.